The Bertz CT molecular complexity index is 638. The van der Waals surface area contributed by atoms with Crippen LogP contribution in [-0.2, 0) is 14.6 Å². The minimum Gasteiger partial charge on any atom is -0.481 e. The summed E-state index contributed by atoms with van der Waals surface area (Å²) in [6.45, 7) is 2.89. The number of carboxylic acids is 1. The molecule has 0 unspecified atom stereocenters. The Morgan fingerprint density at radius 1 is 1.24 bits per heavy atom. The van der Waals surface area contributed by atoms with Crippen molar-refractivity contribution >= 4 is 21.5 Å². The second-order valence-electron chi connectivity index (χ2n) is 5.02. The molecule has 1 rings (SSSR count). The lowest BCUT2D eigenvalue weighted by molar-refractivity contribution is -0.137. The van der Waals surface area contributed by atoms with Gasteiger partial charge < -0.3 is 10.4 Å². The minimum atomic E-state index is -5.52. The number of rotatable bonds is 5. The molecule has 0 aromatic heterocycles. The maximum Gasteiger partial charge on any atom is 0.501 e. The van der Waals surface area contributed by atoms with E-state index >= 15 is 0 Å². The number of hydrogen-bond acceptors (Lipinski definition) is 4. The van der Waals surface area contributed by atoms with Crippen LogP contribution in [0, 0.1) is 0 Å². The van der Waals surface area contributed by atoms with Gasteiger partial charge >= 0.3 is 11.5 Å². The van der Waals surface area contributed by atoms with Crippen molar-refractivity contribution < 1.29 is 31.5 Å². The molecule has 0 aliphatic rings. The second kappa shape index (κ2) is 5.55. The molecule has 0 saturated carbocycles. The van der Waals surface area contributed by atoms with E-state index in [0.717, 1.165) is 18.2 Å². The molecule has 2 N–H and O–H groups in total. The number of carbonyl (C=O) groups is 1. The van der Waals surface area contributed by atoms with E-state index in [1.54, 1.807) is 0 Å². The Kier molecular flexibility index (Phi) is 4.57. The zero-order chi connectivity index (χ0) is 16.5. The lowest BCUT2D eigenvalue weighted by atomic mass is 10.0. The van der Waals surface area contributed by atoms with Crippen molar-refractivity contribution in [2.75, 3.05) is 5.32 Å². The highest BCUT2D eigenvalue weighted by Crippen LogP contribution is 2.35. The lowest BCUT2D eigenvalue weighted by Gasteiger charge is -2.27. The van der Waals surface area contributed by atoms with Gasteiger partial charge in [0, 0.05) is 5.54 Å². The summed E-state index contributed by atoms with van der Waals surface area (Å²) in [4.78, 5) is 9.77. The van der Waals surface area contributed by atoms with E-state index in [0.29, 0.717) is 0 Å². The van der Waals surface area contributed by atoms with E-state index in [4.69, 9.17) is 5.11 Å². The van der Waals surface area contributed by atoms with Gasteiger partial charge in [-0.3, -0.25) is 4.79 Å². The predicted octanol–water partition coefficient (Wildman–Crippen LogP) is 2.65. The van der Waals surface area contributed by atoms with Crippen molar-refractivity contribution in [3.8, 4) is 0 Å². The van der Waals surface area contributed by atoms with Gasteiger partial charge in [-0.25, -0.2) is 8.42 Å². The Morgan fingerprint density at radius 2 is 1.76 bits per heavy atom. The number of para-hydroxylation sites is 1. The first-order valence-electron chi connectivity index (χ1n) is 5.77. The van der Waals surface area contributed by atoms with E-state index in [1.807, 2.05) is 0 Å². The van der Waals surface area contributed by atoms with Crippen molar-refractivity contribution in [1.82, 2.24) is 0 Å². The standard InChI is InChI=1S/C12H14F3NO4S/c1-11(2,7-10(17)18)16-8-5-3-4-6-9(8)21(19,20)12(13,14)15/h3-6,16H,7H2,1-2H3,(H,17,18). The van der Waals surface area contributed by atoms with Gasteiger partial charge in [0.05, 0.1) is 17.0 Å². The van der Waals surface area contributed by atoms with Crippen molar-refractivity contribution in [2.45, 2.75) is 36.2 Å². The molecular formula is C12H14F3NO4S. The molecule has 0 amide bonds. The van der Waals surface area contributed by atoms with Crippen LogP contribution in [0.1, 0.15) is 20.3 Å². The summed E-state index contributed by atoms with van der Waals surface area (Å²) >= 11 is 0. The number of halogens is 3. The van der Waals surface area contributed by atoms with Crippen LogP contribution in [0.5, 0.6) is 0 Å². The van der Waals surface area contributed by atoms with Crippen LogP contribution in [0.2, 0.25) is 0 Å². The summed E-state index contributed by atoms with van der Waals surface area (Å²) in [6, 6.07) is 4.49. The Labute approximate surface area is 119 Å². The number of hydrogen-bond donors (Lipinski definition) is 2. The van der Waals surface area contributed by atoms with Crippen LogP contribution in [0.3, 0.4) is 0 Å². The average molecular weight is 325 g/mol. The molecule has 0 aliphatic heterocycles. The van der Waals surface area contributed by atoms with Gasteiger partial charge in [-0.2, -0.15) is 13.2 Å². The molecule has 118 valence electrons. The van der Waals surface area contributed by atoms with Crippen molar-refractivity contribution in [3.05, 3.63) is 24.3 Å². The molecule has 21 heavy (non-hydrogen) atoms. The topological polar surface area (TPSA) is 83.5 Å². The highest BCUT2D eigenvalue weighted by atomic mass is 32.2. The first-order chi connectivity index (χ1) is 9.37. The fourth-order valence-electron chi connectivity index (χ4n) is 1.72. The van der Waals surface area contributed by atoms with Crippen LogP contribution < -0.4 is 5.32 Å². The monoisotopic (exact) mass is 325 g/mol. The molecule has 0 aliphatic carbocycles. The van der Waals surface area contributed by atoms with Crippen LogP contribution in [-0.4, -0.2) is 30.5 Å². The van der Waals surface area contributed by atoms with Crippen molar-refractivity contribution in [2.24, 2.45) is 0 Å². The molecule has 9 heteroatoms. The van der Waals surface area contributed by atoms with Crippen molar-refractivity contribution in [3.63, 3.8) is 0 Å². The summed E-state index contributed by atoms with van der Waals surface area (Å²) in [5.41, 5.74) is -6.84. The van der Waals surface area contributed by atoms with E-state index in [1.165, 1.54) is 19.9 Å². The van der Waals surface area contributed by atoms with Crippen LogP contribution in [0.25, 0.3) is 0 Å². The fraction of sp³-hybridized carbons (Fsp3) is 0.417. The zero-order valence-corrected chi connectivity index (χ0v) is 12.0. The molecule has 0 bridgehead atoms. The first-order valence-corrected chi connectivity index (χ1v) is 7.25. The molecule has 0 fully saturated rings. The number of alkyl halides is 3. The fourth-order valence-corrected chi connectivity index (χ4v) is 2.63. The maximum absolute atomic E-state index is 12.6. The minimum absolute atomic E-state index is 0.291. The molecule has 0 radical (unpaired) electrons. The van der Waals surface area contributed by atoms with Gasteiger partial charge in [-0.1, -0.05) is 12.1 Å². The normalized spacial score (nSPS) is 13.0. The lowest BCUT2D eigenvalue weighted by Crippen LogP contribution is -2.35. The maximum atomic E-state index is 12.6. The van der Waals surface area contributed by atoms with E-state index in [9.17, 15) is 26.4 Å². The average Bonchev–Trinajstić information content (AvgIpc) is 2.25. The van der Waals surface area contributed by atoms with E-state index in [-0.39, 0.29) is 5.69 Å². The Balaban J connectivity index is 3.27. The summed E-state index contributed by atoms with van der Waals surface area (Å²) in [7, 11) is -5.52. The van der Waals surface area contributed by atoms with Gasteiger partial charge in [-0.15, -0.1) is 0 Å². The molecule has 1 aromatic rings. The third kappa shape index (κ3) is 4.10. The third-order valence-electron chi connectivity index (χ3n) is 2.55. The molecule has 0 heterocycles. The van der Waals surface area contributed by atoms with Crippen molar-refractivity contribution in [1.29, 1.82) is 0 Å². The summed E-state index contributed by atoms with van der Waals surface area (Å²) in [6.07, 6.45) is -0.395. The summed E-state index contributed by atoms with van der Waals surface area (Å²) in [5.74, 6) is -1.16. The van der Waals surface area contributed by atoms with Gasteiger partial charge in [0.1, 0.15) is 0 Å². The second-order valence-corrected chi connectivity index (χ2v) is 6.93. The molecule has 0 saturated heterocycles. The van der Waals surface area contributed by atoms with Crippen LogP contribution in [0.15, 0.2) is 29.2 Å². The predicted molar refractivity (Wildman–Crippen MR) is 69.6 cm³/mol. The Morgan fingerprint density at radius 3 is 2.24 bits per heavy atom. The summed E-state index contributed by atoms with van der Waals surface area (Å²) in [5, 5.41) is 11.3. The number of sulfone groups is 1. The largest absolute Gasteiger partial charge is 0.501 e. The number of carboxylic acid groups (broad SMARTS) is 1. The van der Waals surface area contributed by atoms with Crippen LogP contribution >= 0.6 is 0 Å². The highest BCUT2D eigenvalue weighted by Gasteiger charge is 2.48. The molecule has 1 aromatic carbocycles. The first kappa shape index (κ1) is 17.3. The molecule has 0 spiro atoms. The third-order valence-corrected chi connectivity index (χ3v) is 4.09. The smallest absolute Gasteiger partial charge is 0.481 e. The molecule has 5 nitrogen and oxygen atoms in total. The number of nitrogens with one attached hydrogen (secondary N) is 1. The van der Waals surface area contributed by atoms with Gasteiger partial charge in [0.25, 0.3) is 9.84 Å². The SMILES string of the molecule is CC(C)(CC(=O)O)Nc1ccccc1S(=O)(=O)C(F)(F)F. The zero-order valence-electron chi connectivity index (χ0n) is 11.2. The van der Waals surface area contributed by atoms with E-state index < -0.39 is 38.2 Å². The summed E-state index contributed by atoms with van der Waals surface area (Å²) < 4.78 is 60.9. The van der Waals surface area contributed by atoms with Gasteiger partial charge in [0.15, 0.2) is 0 Å². The Hall–Kier alpha value is -1.77. The van der Waals surface area contributed by atoms with E-state index in [2.05, 4.69) is 5.32 Å². The number of aliphatic carboxylic acids is 1. The van der Waals surface area contributed by atoms with Crippen LogP contribution in [0.4, 0.5) is 18.9 Å². The molecule has 0 atom stereocenters. The van der Waals surface area contributed by atoms with Gasteiger partial charge in [-0.05, 0) is 26.0 Å². The molecular weight excluding hydrogens is 311 g/mol. The number of anilines is 1. The number of benzene rings is 1. The van der Waals surface area contributed by atoms with Gasteiger partial charge in [0.2, 0.25) is 0 Å². The highest BCUT2D eigenvalue weighted by molar-refractivity contribution is 7.92. The quantitative estimate of drug-likeness (QED) is 0.869.